The van der Waals surface area contributed by atoms with Gasteiger partial charge >= 0.3 is 6.09 Å². The van der Waals surface area contributed by atoms with E-state index in [9.17, 15) is 9.90 Å². The fourth-order valence-electron chi connectivity index (χ4n) is 5.05. The highest BCUT2D eigenvalue weighted by Crippen LogP contribution is 2.46. The lowest BCUT2D eigenvalue weighted by Gasteiger charge is -2.45. The van der Waals surface area contributed by atoms with Gasteiger partial charge in [0.1, 0.15) is 0 Å². The fraction of sp³-hybridized carbons (Fsp3) is 0.957. The largest absolute Gasteiger partial charge is 0.465 e. The second-order valence-corrected chi connectivity index (χ2v) is 22.0. The van der Waals surface area contributed by atoms with Crippen molar-refractivity contribution in [3.63, 3.8) is 0 Å². The lowest BCUT2D eigenvalue weighted by molar-refractivity contribution is 0.0962. The number of amides is 1. The van der Waals surface area contributed by atoms with Crippen LogP contribution >= 0.6 is 0 Å². The van der Waals surface area contributed by atoms with Crippen molar-refractivity contribution in [3.8, 4) is 0 Å². The van der Waals surface area contributed by atoms with E-state index in [1.807, 2.05) is 0 Å². The molecule has 0 unspecified atom stereocenters. The standard InChI is InChI=1S/C23H49NO4Si2/c1-16(2)30(17(3)4,18(5)6)28-21-14-20(24(10)22(25)26)13-19(21)15-27-29(11,12)23(7,8)9/h16-21H,13-15H2,1-12H3,(H,25,26)/t19-,20-,21+/m1/s1. The Hall–Kier alpha value is -0.376. The van der Waals surface area contributed by atoms with E-state index in [1.54, 1.807) is 7.05 Å². The number of hydrogen-bond donors (Lipinski definition) is 1. The molecule has 0 aromatic carbocycles. The minimum atomic E-state index is -2.05. The molecule has 1 N–H and O–H groups in total. The zero-order valence-electron chi connectivity index (χ0n) is 21.7. The molecule has 3 atom stereocenters. The Morgan fingerprint density at radius 2 is 1.50 bits per heavy atom. The molecule has 30 heavy (non-hydrogen) atoms. The van der Waals surface area contributed by atoms with Crippen molar-refractivity contribution in [2.24, 2.45) is 5.92 Å². The van der Waals surface area contributed by atoms with Gasteiger partial charge in [-0.3, -0.25) is 0 Å². The van der Waals surface area contributed by atoms with Gasteiger partial charge in [0.15, 0.2) is 8.32 Å². The van der Waals surface area contributed by atoms with Crippen LogP contribution in [0.1, 0.15) is 75.2 Å². The summed E-state index contributed by atoms with van der Waals surface area (Å²) in [7, 11) is -2.23. The van der Waals surface area contributed by atoms with Crippen LogP contribution in [0, 0.1) is 5.92 Å². The highest BCUT2D eigenvalue weighted by Gasteiger charge is 2.50. The second-order valence-electron chi connectivity index (χ2n) is 11.8. The Bertz CT molecular complexity index is 550. The van der Waals surface area contributed by atoms with Crippen LogP contribution in [-0.4, -0.2) is 58.5 Å². The zero-order chi connectivity index (χ0) is 23.7. The number of nitrogens with zero attached hydrogens (tertiary/aromatic N) is 1. The van der Waals surface area contributed by atoms with Gasteiger partial charge in [0.2, 0.25) is 8.32 Å². The Morgan fingerprint density at radius 1 is 1.03 bits per heavy atom. The van der Waals surface area contributed by atoms with Crippen molar-refractivity contribution in [1.29, 1.82) is 0 Å². The zero-order valence-corrected chi connectivity index (χ0v) is 23.7. The van der Waals surface area contributed by atoms with Gasteiger partial charge in [-0.15, -0.1) is 0 Å². The molecular weight excluding hydrogens is 410 g/mol. The maximum Gasteiger partial charge on any atom is 0.407 e. The van der Waals surface area contributed by atoms with Gasteiger partial charge in [-0.1, -0.05) is 62.3 Å². The average Bonchev–Trinajstić information content (AvgIpc) is 2.97. The van der Waals surface area contributed by atoms with E-state index >= 15 is 0 Å². The van der Waals surface area contributed by atoms with Crippen LogP contribution < -0.4 is 0 Å². The molecule has 1 amide bonds. The van der Waals surface area contributed by atoms with E-state index in [1.165, 1.54) is 4.90 Å². The van der Waals surface area contributed by atoms with E-state index in [2.05, 4.69) is 75.4 Å². The molecular formula is C23H49NO4Si2. The first-order chi connectivity index (χ1) is 13.5. The summed E-state index contributed by atoms with van der Waals surface area (Å²) >= 11 is 0. The van der Waals surface area contributed by atoms with Gasteiger partial charge in [0.05, 0.1) is 6.10 Å². The highest BCUT2D eigenvalue weighted by molar-refractivity contribution is 6.77. The quantitative estimate of drug-likeness (QED) is 0.379. The number of rotatable bonds is 9. The minimum Gasteiger partial charge on any atom is -0.465 e. The summed E-state index contributed by atoms with van der Waals surface area (Å²) in [5.74, 6) is 0.244. The molecule has 0 bridgehead atoms. The predicted octanol–water partition coefficient (Wildman–Crippen LogP) is 6.96. The Kier molecular flexibility index (Phi) is 9.26. The van der Waals surface area contributed by atoms with Crippen LogP contribution in [0.2, 0.25) is 34.8 Å². The van der Waals surface area contributed by atoms with Crippen LogP contribution in [0.4, 0.5) is 4.79 Å². The molecule has 0 radical (unpaired) electrons. The Morgan fingerprint density at radius 3 is 1.87 bits per heavy atom. The third-order valence-electron chi connectivity index (χ3n) is 7.98. The Balaban J connectivity index is 3.17. The summed E-state index contributed by atoms with van der Waals surface area (Å²) in [6.07, 6.45) is 0.807. The topological polar surface area (TPSA) is 59.0 Å². The maximum absolute atomic E-state index is 11.6. The van der Waals surface area contributed by atoms with Crippen molar-refractivity contribution in [2.45, 2.75) is 122 Å². The molecule has 0 aromatic rings. The molecule has 5 nitrogen and oxygen atoms in total. The van der Waals surface area contributed by atoms with Crippen molar-refractivity contribution in [2.75, 3.05) is 13.7 Å². The van der Waals surface area contributed by atoms with Crippen molar-refractivity contribution in [3.05, 3.63) is 0 Å². The molecule has 178 valence electrons. The van der Waals surface area contributed by atoms with Gasteiger partial charge in [0.25, 0.3) is 0 Å². The summed E-state index contributed by atoms with van der Waals surface area (Å²) in [5.41, 5.74) is 1.53. The lowest BCUT2D eigenvalue weighted by atomic mass is 10.1. The first-order valence-electron chi connectivity index (χ1n) is 11.7. The molecule has 1 saturated carbocycles. The van der Waals surface area contributed by atoms with E-state index < -0.39 is 22.7 Å². The van der Waals surface area contributed by atoms with Crippen LogP contribution in [0.3, 0.4) is 0 Å². The summed E-state index contributed by atoms with van der Waals surface area (Å²) in [6.45, 7) is 25.9. The van der Waals surface area contributed by atoms with E-state index in [-0.39, 0.29) is 23.1 Å². The third-order valence-corrected chi connectivity index (χ3v) is 18.6. The first-order valence-corrected chi connectivity index (χ1v) is 16.8. The highest BCUT2D eigenvalue weighted by atomic mass is 28.4. The SMILES string of the molecule is CC(C)[Si](O[C@H]1C[C@H](N(C)C(=O)O)C[C@@H]1CO[Si](C)(C)C(C)(C)C)(C(C)C)C(C)C. The molecule has 0 spiro atoms. The molecule has 0 saturated heterocycles. The number of carbonyl (C=O) groups is 1. The lowest BCUT2D eigenvalue weighted by Crippen LogP contribution is -2.51. The summed E-state index contributed by atoms with van der Waals surface area (Å²) in [4.78, 5) is 13.1. The van der Waals surface area contributed by atoms with Crippen molar-refractivity contribution >= 4 is 22.7 Å². The molecule has 7 heteroatoms. The monoisotopic (exact) mass is 459 g/mol. The first kappa shape index (κ1) is 27.7. The van der Waals surface area contributed by atoms with Crippen LogP contribution in [-0.2, 0) is 8.85 Å². The van der Waals surface area contributed by atoms with E-state index in [4.69, 9.17) is 8.85 Å². The van der Waals surface area contributed by atoms with Gasteiger partial charge < -0.3 is 18.9 Å². The summed E-state index contributed by atoms with van der Waals surface area (Å²) in [5, 5.41) is 9.71. The molecule has 0 aliphatic heterocycles. The molecule has 1 aliphatic carbocycles. The van der Waals surface area contributed by atoms with Gasteiger partial charge in [0, 0.05) is 25.6 Å². The summed E-state index contributed by atoms with van der Waals surface area (Å²) < 4.78 is 13.8. The molecule has 1 rings (SSSR count). The van der Waals surface area contributed by atoms with Crippen LogP contribution in [0.25, 0.3) is 0 Å². The van der Waals surface area contributed by atoms with Crippen molar-refractivity contribution in [1.82, 2.24) is 4.90 Å². The maximum atomic E-state index is 11.6. The third kappa shape index (κ3) is 5.90. The second kappa shape index (κ2) is 10.0. The van der Waals surface area contributed by atoms with Gasteiger partial charge in [-0.25, -0.2) is 4.79 Å². The molecule has 0 aromatic heterocycles. The van der Waals surface area contributed by atoms with Crippen LogP contribution in [0.5, 0.6) is 0 Å². The van der Waals surface area contributed by atoms with E-state index in [0.717, 1.165) is 12.8 Å². The number of hydrogen-bond acceptors (Lipinski definition) is 3. The van der Waals surface area contributed by atoms with E-state index in [0.29, 0.717) is 23.2 Å². The van der Waals surface area contributed by atoms with Gasteiger partial charge in [-0.2, -0.15) is 0 Å². The average molecular weight is 460 g/mol. The summed E-state index contributed by atoms with van der Waals surface area (Å²) in [6, 6.07) is -0.00120. The molecule has 1 aliphatic rings. The number of carboxylic acid groups (broad SMARTS) is 1. The fourth-order valence-corrected chi connectivity index (χ4v) is 11.7. The van der Waals surface area contributed by atoms with Gasteiger partial charge in [-0.05, 0) is 47.6 Å². The van der Waals surface area contributed by atoms with Crippen LogP contribution in [0.15, 0.2) is 0 Å². The minimum absolute atomic E-state index is 0.00120. The normalized spacial score (nSPS) is 23.6. The molecule has 0 heterocycles. The molecule has 1 fully saturated rings. The predicted molar refractivity (Wildman–Crippen MR) is 131 cm³/mol. The smallest absolute Gasteiger partial charge is 0.407 e. The van der Waals surface area contributed by atoms with Crippen molar-refractivity contribution < 1.29 is 18.8 Å². The Labute approximate surface area is 188 Å².